The van der Waals surface area contributed by atoms with Crippen molar-refractivity contribution in [1.29, 1.82) is 0 Å². The van der Waals surface area contributed by atoms with Crippen LogP contribution < -0.4 is 5.32 Å². The molecule has 4 nitrogen and oxygen atoms in total. The third-order valence-corrected chi connectivity index (χ3v) is 5.49. The zero-order valence-corrected chi connectivity index (χ0v) is 25.0. The summed E-state index contributed by atoms with van der Waals surface area (Å²) in [6.07, 6.45) is 7.12. The van der Waals surface area contributed by atoms with Gasteiger partial charge in [0.1, 0.15) is 17.8 Å². The average molecular weight is 554 g/mol. The molecule has 0 spiro atoms. The molecule has 2 aromatic carbocycles. The van der Waals surface area contributed by atoms with Crippen molar-refractivity contribution in [3.8, 4) is 0 Å². The number of nitrogens with one attached hydrogen (secondary N) is 1. The highest BCUT2D eigenvalue weighted by molar-refractivity contribution is 7.97. The fourth-order valence-corrected chi connectivity index (χ4v) is 3.91. The molecule has 0 radical (unpaired) electrons. The van der Waals surface area contributed by atoms with Gasteiger partial charge in [0.25, 0.3) is 0 Å². The van der Waals surface area contributed by atoms with Crippen LogP contribution in [0.15, 0.2) is 54.6 Å². The lowest BCUT2D eigenvalue weighted by molar-refractivity contribution is 0.163. The first kappa shape index (κ1) is 35.5. The molecule has 4 rings (SSSR count). The second-order valence-electron chi connectivity index (χ2n) is 8.26. The first-order valence-electron chi connectivity index (χ1n) is 13.2. The van der Waals surface area contributed by atoms with Gasteiger partial charge in [-0.1, -0.05) is 64.1 Å². The molecule has 8 heteroatoms. The molecule has 0 aliphatic carbocycles. The summed E-state index contributed by atoms with van der Waals surface area (Å²) in [5.74, 6) is -1.000. The predicted octanol–water partition coefficient (Wildman–Crippen LogP) is 7.83. The monoisotopic (exact) mass is 553 g/mol. The average Bonchev–Trinajstić information content (AvgIpc) is 3.38. The molecule has 2 aromatic rings. The van der Waals surface area contributed by atoms with Crippen LogP contribution in [0.2, 0.25) is 0 Å². The summed E-state index contributed by atoms with van der Waals surface area (Å²) >= 11 is 1.75. The van der Waals surface area contributed by atoms with E-state index in [9.17, 15) is 18.0 Å². The maximum absolute atomic E-state index is 14.0. The minimum Gasteiger partial charge on any atom is -0.341 e. The normalized spacial score (nSPS) is 18.1. The van der Waals surface area contributed by atoms with E-state index in [1.807, 2.05) is 88.6 Å². The number of piperidine rings is 1. The van der Waals surface area contributed by atoms with E-state index in [4.69, 9.17) is 0 Å². The first-order chi connectivity index (χ1) is 18.3. The van der Waals surface area contributed by atoms with Crippen molar-refractivity contribution < 1.29 is 18.0 Å². The highest BCUT2D eigenvalue weighted by Gasteiger charge is 2.31. The largest absolute Gasteiger partial charge is 0.341 e. The van der Waals surface area contributed by atoms with Gasteiger partial charge in [-0.2, -0.15) is 11.8 Å². The number of thioether (sulfide) groups is 1. The molecule has 2 atom stereocenters. The SMILES string of the molecule is CC.CC.CN1CCC[C@@H](F)C1.CNC(=O)N1CC(c2cc(F)ccc2F)=CC1c1ccccc1.CSC. The van der Waals surface area contributed by atoms with Crippen molar-refractivity contribution in [2.24, 2.45) is 0 Å². The lowest BCUT2D eigenvalue weighted by atomic mass is 10.0. The van der Waals surface area contributed by atoms with Gasteiger partial charge in [-0.15, -0.1) is 0 Å². The number of carbonyl (C=O) groups excluding carboxylic acids is 1. The van der Waals surface area contributed by atoms with E-state index >= 15 is 0 Å². The summed E-state index contributed by atoms with van der Waals surface area (Å²) in [5, 5.41) is 2.59. The van der Waals surface area contributed by atoms with Gasteiger partial charge in [0.15, 0.2) is 0 Å². The topological polar surface area (TPSA) is 35.6 Å². The van der Waals surface area contributed by atoms with Crippen LogP contribution in [-0.2, 0) is 0 Å². The quantitative estimate of drug-likeness (QED) is 0.412. The number of hydrogen-bond donors (Lipinski definition) is 1. The second kappa shape index (κ2) is 20.5. The maximum Gasteiger partial charge on any atom is 0.318 e. The molecule has 2 amide bonds. The summed E-state index contributed by atoms with van der Waals surface area (Å²) in [4.78, 5) is 15.8. The van der Waals surface area contributed by atoms with Gasteiger partial charge in [-0.25, -0.2) is 18.0 Å². The Bertz CT molecular complexity index is 936. The van der Waals surface area contributed by atoms with Gasteiger partial charge < -0.3 is 15.1 Å². The van der Waals surface area contributed by atoms with Gasteiger partial charge in [-0.05, 0) is 68.3 Å². The van der Waals surface area contributed by atoms with Crippen LogP contribution in [-0.4, -0.2) is 68.2 Å². The van der Waals surface area contributed by atoms with Crippen molar-refractivity contribution in [1.82, 2.24) is 15.1 Å². The van der Waals surface area contributed by atoms with E-state index in [2.05, 4.69) is 5.32 Å². The van der Waals surface area contributed by atoms with Crippen LogP contribution in [0.25, 0.3) is 5.57 Å². The maximum atomic E-state index is 14.0. The Balaban J connectivity index is 0.000000757. The van der Waals surface area contributed by atoms with Gasteiger partial charge in [0.2, 0.25) is 0 Å². The predicted molar refractivity (Wildman–Crippen MR) is 158 cm³/mol. The standard InChI is InChI=1S/C18H16F2N2O.C6H12FN.C2H6S.2C2H6/c1-21-18(23)22-11-13(15-10-14(19)7-8-16(15)20)9-17(22)12-5-3-2-4-6-12;1-8-4-2-3-6(7)5-8;1-3-2;2*1-2/h2-10,17H,11H2,1H3,(H,21,23);6H,2-5H2,1H3;1-2H3;2*1-2H3/t;6-;;;/m.1.../s1. The third-order valence-electron chi connectivity index (χ3n) is 5.49. The van der Waals surface area contributed by atoms with Crippen molar-refractivity contribution in [3.63, 3.8) is 0 Å². The fourth-order valence-electron chi connectivity index (χ4n) is 3.91. The van der Waals surface area contributed by atoms with Crippen LogP contribution >= 0.6 is 11.8 Å². The molecule has 1 saturated heterocycles. The molecule has 0 saturated carbocycles. The molecule has 1 N–H and O–H groups in total. The number of urea groups is 1. The van der Waals surface area contributed by atoms with Crippen molar-refractivity contribution in [2.45, 2.75) is 52.8 Å². The molecule has 0 bridgehead atoms. The van der Waals surface area contributed by atoms with E-state index in [1.165, 1.54) is 0 Å². The Kier molecular flexibility index (Phi) is 19.2. The van der Waals surface area contributed by atoms with Crippen molar-refractivity contribution in [3.05, 3.63) is 77.4 Å². The third kappa shape index (κ3) is 11.9. The Morgan fingerprint density at radius 1 is 1.03 bits per heavy atom. The Morgan fingerprint density at radius 3 is 2.13 bits per heavy atom. The molecule has 0 aromatic heterocycles. The van der Waals surface area contributed by atoms with Gasteiger partial charge in [0.05, 0.1) is 6.04 Å². The molecule has 214 valence electrons. The number of carbonyl (C=O) groups is 1. The Morgan fingerprint density at radius 2 is 1.63 bits per heavy atom. The van der Waals surface area contributed by atoms with Crippen molar-refractivity contribution in [2.75, 3.05) is 46.2 Å². The van der Waals surface area contributed by atoms with E-state index < -0.39 is 17.8 Å². The zero-order valence-electron chi connectivity index (χ0n) is 24.2. The number of halogens is 3. The molecular weight excluding hydrogens is 507 g/mol. The van der Waals surface area contributed by atoms with E-state index in [0.717, 1.165) is 43.1 Å². The summed E-state index contributed by atoms with van der Waals surface area (Å²) in [6.45, 7) is 9.93. The number of nitrogens with zero attached hydrogens (tertiary/aromatic N) is 2. The minimum atomic E-state index is -0.561. The summed E-state index contributed by atoms with van der Waals surface area (Å²) < 4.78 is 39.9. The highest BCUT2D eigenvalue weighted by Crippen LogP contribution is 2.35. The molecule has 2 aliphatic heterocycles. The number of amides is 2. The Labute approximate surface area is 232 Å². The molecule has 2 aliphatic rings. The Hall–Kier alpha value is -2.45. The number of rotatable bonds is 2. The lowest BCUT2D eigenvalue weighted by Gasteiger charge is -2.24. The van der Waals surface area contributed by atoms with E-state index in [0.29, 0.717) is 12.1 Å². The first-order valence-corrected chi connectivity index (χ1v) is 14.9. The van der Waals surface area contributed by atoms with Gasteiger partial charge in [0, 0.05) is 25.7 Å². The lowest BCUT2D eigenvalue weighted by Crippen LogP contribution is -2.38. The minimum absolute atomic E-state index is 0.192. The summed E-state index contributed by atoms with van der Waals surface area (Å²) in [7, 11) is 3.51. The number of benzene rings is 2. The van der Waals surface area contributed by atoms with Crippen LogP contribution in [0.5, 0.6) is 0 Å². The van der Waals surface area contributed by atoms with Crippen LogP contribution in [0, 0.1) is 11.6 Å². The molecular formula is C30H46F3N3OS. The van der Waals surface area contributed by atoms with Gasteiger partial charge in [-0.3, -0.25) is 0 Å². The zero-order chi connectivity index (χ0) is 29.1. The van der Waals surface area contributed by atoms with Gasteiger partial charge >= 0.3 is 6.03 Å². The summed E-state index contributed by atoms with van der Waals surface area (Å²) in [5.41, 5.74) is 1.71. The second-order valence-corrected chi connectivity index (χ2v) is 9.08. The fraction of sp³-hybridized carbons (Fsp3) is 0.500. The van der Waals surface area contributed by atoms with E-state index in [1.54, 1.807) is 23.7 Å². The van der Waals surface area contributed by atoms with Crippen LogP contribution in [0.1, 0.15) is 57.7 Å². The highest BCUT2D eigenvalue weighted by atomic mass is 32.2. The van der Waals surface area contributed by atoms with E-state index in [-0.39, 0.29) is 24.2 Å². The molecule has 2 heterocycles. The molecule has 1 fully saturated rings. The van der Waals surface area contributed by atoms with Crippen LogP contribution in [0.4, 0.5) is 18.0 Å². The number of hydrogen-bond acceptors (Lipinski definition) is 3. The smallest absolute Gasteiger partial charge is 0.318 e. The van der Waals surface area contributed by atoms with Crippen molar-refractivity contribution >= 4 is 23.4 Å². The number of likely N-dealkylation sites (tertiary alicyclic amines) is 1. The van der Waals surface area contributed by atoms with Crippen LogP contribution in [0.3, 0.4) is 0 Å². The number of alkyl halides is 1. The molecule has 1 unspecified atom stereocenters. The summed E-state index contributed by atoms with van der Waals surface area (Å²) in [6, 6.07) is 12.2. The molecule has 38 heavy (non-hydrogen) atoms.